The number of nitrogens with one attached hydrogen (secondary N) is 1. The van der Waals surface area contributed by atoms with Crippen molar-refractivity contribution in [1.82, 2.24) is 25.3 Å². The van der Waals surface area contributed by atoms with Crippen LogP contribution in [0, 0.1) is 13.8 Å². The summed E-state index contributed by atoms with van der Waals surface area (Å²) in [6.45, 7) is 4.68. The number of aryl methyl sites for hydroxylation is 2. The Bertz CT molecular complexity index is 506. The summed E-state index contributed by atoms with van der Waals surface area (Å²) in [6.07, 6.45) is 3.63. The molecule has 0 fully saturated rings. The van der Waals surface area contributed by atoms with Crippen molar-refractivity contribution in [1.29, 1.82) is 0 Å². The minimum Gasteiger partial charge on any atom is -0.316 e. The Kier molecular flexibility index (Phi) is 4.22. The maximum Gasteiger partial charge on any atom is 0.195 e. The van der Waals surface area contributed by atoms with E-state index in [1.54, 1.807) is 0 Å². The van der Waals surface area contributed by atoms with Crippen molar-refractivity contribution in [2.45, 2.75) is 30.7 Å². The number of aromatic nitrogens is 4. The number of hydrogen-bond acceptors (Lipinski definition) is 6. The predicted octanol–water partition coefficient (Wildman–Crippen LogP) is 1.75. The quantitative estimate of drug-likeness (QED) is 0.846. The van der Waals surface area contributed by atoms with E-state index in [1.807, 2.05) is 39.4 Å². The molecule has 0 spiro atoms. The first-order valence-corrected chi connectivity index (χ1v) is 6.44. The van der Waals surface area contributed by atoms with Gasteiger partial charge in [-0.05, 0) is 38.7 Å². The van der Waals surface area contributed by atoms with Crippen LogP contribution in [0.5, 0.6) is 0 Å². The maximum absolute atomic E-state index is 4.35. The molecule has 6 heteroatoms. The Hall–Kier alpha value is -1.53. The fourth-order valence-corrected chi connectivity index (χ4v) is 2.27. The summed E-state index contributed by atoms with van der Waals surface area (Å²) in [5, 5.41) is 4.41. The van der Waals surface area contributed by atoms with Gasteiger partial charge in [0.05, 0.1) is 0 Å². The summed E-state index contributed by atoms with van der Waals surface area (Å²) in [5.41, 5.74) is 2.97. The lowest BCUT2D eigenvalue weighted by Gasteiger charge is -2.03. The van der Waals surface area contributed by atoms with E-state index < -0.39 is 0 Å². The average molecular weight is 261 g/mol. The molecular formula is C12H15N5S. The monoisotopic (exact) mass is 261 g/mol. The molecule has 0 unspecified atom stereocenters. The van der Waals surface area contributed by atoms with Crippen LogP contribution in [0.25, 0.3) is 0 Å². The molecule has 0 atom stereocenters. The van der Waals surface area contributed by atoms with Gasteiger partial charge in [0.2, 0.25) is 0 Å². The highest BCUT2D eigenvalue weighted by molar-refractivity contribution is 7.99. The van der Waals surface area contributed by atoms with Crippen LogP contribution >= 0.6 is 11.8 Å². The van der Waals surface area contributed by atoms with E-state index in [2.05, 4.69) is 25.3 Å². The Morgan fingerprint density at radius 3 is 2.22 bits per heavy atom. The van der Waals surface area contributed by atoms with Crippen molar-refractivity contribution in [3.05, 3.63) is 35.4 Å². The van der Waals surface area contributed by atoms with Crippen LogP contribution in [0.15, 0.2) is 28.8 Å². The predicted molar refractivity (Wildman–Crippen MR) is 70.4 cm³/mol. The lowest BCUT2D eigenvalue weighted by atomic mass is 10.3. The van der Waals surface area contributed by atoms with Crippen LogP contribution < -0.4 is 5.32 Å². The van der Waals surface area contributed by atoms with E-state index in [4.69, 9.17) is 0 Å². The van der Waals surface area contributed by atoms with Crippen LogP contribution in [0.2, 0.25) is 0 Å². The molecule has 0 aliphatic carbocycles. The minimum absolute atomic E-state index is 0.667. The van der Waals surface area contributed by atoms with Gasteiger partial charge in [0.15, 0.2) is 10.3 Å². The second kappa shape index (κ2) is 5.88. The molecular weight excluding hydrogens is 246 g/mol. The van der Waals surface area contributed by atoms with Gasteiger partial charge in [-0.1, -0.05) is 0 Å². The van der Waals surface area contributed by atoms with Crippen LogP contribution in [0.3, 0.4) is 0 Å². The number of nitrogens with zero attached hydrogens (tertiary/aromatic N) is 4. The van der Waals surface area contributed by atoms with Gasteiger partial charge in [-0.3, -0.25) is 0 Å². The molecule has 0 saturated heterocycles. The number of hydrogen-bond donors (Lipinski definition) is 1. The zero-order valence-corrected chi connectivity index (χ0v) is 11.5. The minimum atomic E-state index is 0.667. The van der Waals surface area contributed by atoms with E-state index in [9.17, 15) is 0 Å². The first-order valence-electron chi connectivity index (χ1n) is 5.63. The Labute approximate surface area is 110 Å². The van der Waals surface area contributed by atoms with Crippen molar-refractivity contribution in [2.24, 2.45) is 0 Å². The van der Waals surface area contributed by atoms with Crippen LogP contribution in [-0.4, -0.2) is 27.0 Å². The molecule has 94 valence electrons. The molecule has 2 aromatic heterocycles. The first-order chi connectivity index (χ1) is 8.67. The van der Waals surface area contributed by atoms with E-state index >= 15 is 0 Å². The van der Waals surface area contributed by atoms with Crippen LogP contribution in [0.4, 0.5) is 0 Å². The van der Waals surface area contributed by atoms with Gasteiger partial charge in [0, 0.05) is 35.9 Å². The molecule has 2 rings (SSSR count). The van der Waals surface area contributed by atoms with Crippen LogP contribution in [-0.2, 0) is 6.54 Å². The van der Waals surface area contributed by atoms with Crippen LogP contribution in [0.1, 0.15) is 17.0 Å². The molecule has 0 aliphatic heterocycles. The van der Waals surface area contributed by atoms with Gasteiger partial charge in [-0.2, -0.15) is 0 Å². The third-order valence-electron chi connectivity index (χ3n) is 2.21. The van der Waals surface area contributed by atoms with Crippen molar-refractivity contribution in [2.75, 3.05) is 7.05 Å². The molecule has 0 bridgehead atoms. The van der Waals surface area contributed by atoms with Gasteiger partial charge in [-0.25, -0.2) is 19.9 Å². The smallest absolute Gasteiger partial charge is 0.195 e. The lowest BCUT2D eigenvalue weighted by molar-refractivity contribution is 0.792. The highest BCUT2D eigenvalue weighted by Crippen LogP contribution is 2.20. The largest absolute Gasteiger partial charge is 0.316 e. The molecule has 18 heavy (non-hydrogen) atoms. The normalized spacial score (nSPS) is 10.6. The summed E-state index contributed by atoms with van der Waals surface area (Å²) in [5.74, 6) is 0. The van der Waals surface area contributed by atoms with Gasteiger partial charge < -0.3 is 5.32 Å². The van der Waals surface area contributed by atoms with Gasteiger partial charge in [-0.15, -0.1) is 0 Å². The Morgan fingerprint density at radius 2 is 1.67 bits per heavy atom. The first kappa shape index (κ1) is 12.9. The van der Waals surface area contributed by atoms with E-state index in [-0.39, 0.29) is 0 Å². The molecule has 2 heterocycles. The fraction of sp³-hybridized carbons (Fsp3) is 0.333. The highest BCUT2D eigenvalue weighted by atomic mass is 32.2. The van der Waals surface area contributed by atoms with E-state index in [0.29, 0.717) is 10.3 Å². The molecule has 0 radical (unpaired) electrons. The SMILES string of the molecule is CNCc1cnc(Sc2nc(C)cc(C)n2)nc1. The Morgan fingerprint density at radius 1 is 1.06 bits per heavy atom. The van der Waals surface area contributed by atoms with Gasteiger partial charge >= 0.3 is 0 Å². The van der Waals surface area contributed by atoms with Crippen molar-refractivity contribution >= 4 is 11.8 Å². The maximum atomic E-state index is 4.35. The van der Waals surface area contributed by atoms with Crippen molar-refractivity contribution in [3.8, 4) is 0 Å². The average Bonchev–Trinajstić information content (AvgIpc) is 2.31. The summed E-state index contributed by atoms with van der Waals surface area (Å²) >= 11 is 1.38. The standard InChI is InChI=1S/C12H15N5S/c1-8-4-9(2)17-12(16-8)18-11-14-6-10(5-13-3)7-15-11/h4,6-7,13H,5H2,1-3H3. The second-order valence-electron chi connectivity index (χ2n) is 3.94. The van der Waals surface area contributed by atoms with E-state index in [1.165, 1.54) is 11.8 Å². The van der Waals surface area contributed by atoms with Crippen molar-refractivity contribution < 1.29 is 0 Å². The third-order valence-corrected chi connectivity index (χ3v) is 2.97. The highest BCUT2D eigenvalue weighted by Gasteiger charge is 2.05. The molecule has 0 aromatic carbocycles. The fourth-order valence-electron chi connectivity index (χ4n) is 1.51. The van der Waals surface area contributed by atoms with Gasteiger partial charge in [0.1, 0.15) is 0 Å². The van der Waals surface area contributed by atoms with Gasteiger partial charge in [0.25, 0.3) is 0 Å². The summed E-state index contributed by atoms with van der Waals surface area (Å²) < 4.78 is 0. The summed E-state index contributed by atoms with van der Waals surface area (Å²) in [4.78, 5) is 17.3. The molecule has 0 aliphatic rings. The van der Waals surface area contributed by atoms with E-state index in [0.717, 1.165) is 23.5 Å². The third kappa shape index (κ3) is 3.48. The molecule has 2 aromatic rings. The molecule has 5 nitrogen and oxygen atoms in total. The summed E-state index contributed by atoms with van der Waals surface area (Å²) in [7, 11) is 1.89. The topological polar surface area (TPSA) is 63.6 Å². The Balaban J connectivity index is 2.13. The zero-order valence-electron chi connectivity index (χ0n) is 10.6. The lowest BCUT2D eigenvalue weighted by Crippen LogP contribution is -2.06. The summed E-state index contributed by atoms with van der Waals surface area (Å²) in [6, 6.07) is 1.95. The molecule has 0 amide bonds. The second-order valence-corrected chi connectivity index (χ2v) is 4.87. The van der Waals surface area contributed by atoms with Crippen molar-refractivity contribution in [3.63, 3.8) is 0 Å². The zero-order chi connectivity index (χ0) is 13.0. The molecule has 1 N–H and O–H groups in total. The number of rotatable bonds is 4. The molecule has 0 saturated carbocycles.